The molecule has 2 fully saturated rings. The molecule has 0 bridgehead atoms. The topological polar surface area (TPSA) is 55.6 Å². The third kappa shape index (κ3) is 2.54. The van der Waals surface area contributed by atoms with Crippen LogP contribution in [0.15, 0.2) is 0 Å². The zero-order valence-electron chi connectivity index (χ0n) is 11.7. The van der Waals surface area contributed by atoms with Crippen LogP contribution in [0.5, 0.6) is 0 Å². The normalized spacial score (nSPS) is 37.1. The van der Waals surface area contributed by atoms with E-state index in [9.17, 15) is 4.79 Å². The zero-order valence-corrected chi connectivity index (χ0v) is 11.7. The molecule has 1 aliphatic carbocycles. The number of methoxy groups -OCH3 is 1. The van der Waals surface area contributed by atoms with Crippen molar-refractivity contribution in [3.63, 3.8) is 0 Å². The lowest BCUT2D eigenvalue weighted by molar-refractivity contribution is -0.148. The highest BCUT2D eigenvalue weighted by Crippen LogP contribution is 2.37. The van der Waals surface area contributed by atoms with Crippen LogP contribution in [0.4, 0.5) is 0 Å². The molecule has 4 heteroatoms. The van der Waals surface area contributed by atoms with Gasteiger partial charge in [0.05, 0.1) is 7.11 Å². The van der Waals surface area contributed by atoms with Crippen molar-refractivity contribution >= 4 is 5.97 Å². The second-order valence-corrected chi connectivity index (χ2v) is 5.94. The van der Waals surface area contributed by atoms with Crippen LogP contribution >= 0.6 is 0 Å². The number of carbonyl (C=O) groups excluding carboxylic acids is 1. The average Bonchev–Trinajstić information content (AvgIpc) is 2.93. The zero-order chi connectivity index (χ0) is 13.2. The molecule has 104 valence electrons. The molecule has 3 unspecified atom stereocenters. The van der Waals surface area contributed by atoms with E-state index in [0.717, 1.165) is 32.2 Å². The van der Waals surface area contributed by atoms with Crippen molar-refractivity contribution in [3.05, 3.63) is 0 Å². The Balaban J connectivity index is 1.90. The molecule has 2 N–H and O–H groups in total. The van der Waals surface area contributed by atoms with Gasteiger partial charge >= 0.3 is 5.97 Å². The minimum Gasteiger partial charge on any atom is -0.468 e. The van der Waals surface area contributed by atoms with Crippen LogP contribution < -0.4 is 5.73 Å². The van der Waals surface area contributed by atoms with Crippen molar-refractivity contribution in [1.29, 1.82) is 0 Å². The van der Waals surface area contributed by atoms with E-state index in [1.54, 1.807) is 0 Å². The molecule has 0 spiro atoms. The lowest BCUT2D eigenvalue weighted by Gasteiger charge is -2.30. The fourth-order valence-electron chi connectivity index (χ4n) is 3.61. The molecule has 1 aliphatic heterocycles. The molecule has 2 rings (SSSR count). The van der Waals surface area contributed by atoms with Gasteiger partial charge in [-0.1, -0.05) is 6.42 Å². The summed E-state index contributed by atoms with van der Waals surface area (Å²) in [6.45, 7) is 4.56. The largest absolute Gasteiger partial charge is 0.468 e. The van der Waals surface area contributed by atoms with Gasteiger partial charge in [-0.3, -0.25) is 4.79 Å². The molecule has 2 aliphatic rings. The number of nitrogens with zero attached hydrogens (tertiary/aromatic N) is 1. The molecule has 0 amide bonds. The first kappa shape index (κ1) is 13.8. The second-order valence-electron chi connectivity index (χ2n) is 5.94. The van der Waals surface area contributed by atoms with Crippen LogP contribution in [0.3, 0.4) is 0 Å². The SMILES string of the molecule is COC(=O)C1(N)CCCC1CCN1CCCC1C. The highest BCUT2D eigenvalue weighted by atomic mass is 16.5. The molecular weight excluding hydrogens is 228 g/mol. The Labute approximate surface area is 110 Å². The smallest absolute Gasteiger partial charge is 0.326 e. The highest BCUT2D eigenvalue weighted by Gasteiger charge is 2.46. The Kier molecular flexibility index (Phi) is 4.28. The molecule has 0 aromatic rings. The Hall–Kier alpha value is -0.610. The van der Waals surface area contributed by atoms with Gasteiger partial charge in [-0.15, -0.1) is 0 Å². The summed E-state index contributed by atoms with van der Waals surface area (Å²) in [5.74, 6) is 0.0669. The van der Waals surface area contributed by atoms with Gasteiger partial charge in [-0.25, -0.2) is 0 Å². The first-order valence-corrected chi connectivity index (χ1v) is 7.19. The molecule has 1 heterocycles. The van der Waals surface area contributed by atoms with Crippen LogP contribution in [0, 0.1) is 5.92 Å². The van der Waals surface area contributed by atoms with Crippen LogP contribution in [0.25, 0.3) is 0 Å². The molecule has 0 aromatic carbocycles. The monoisotopic (exact) mass is 254 g/mol. The minimum atomic E-state index is -0.724. The van der Waals surface area contributed by atoms with Crippen molar-refractivity contribution in [2.75, 3.05) is 20.2 Å². The van der Waals surface area contributed by atoms with Crippen LogP contribution in [0.1, 0.15) is 45.4 Å². The third-order valence-corrected chi connectivity index (χ3v) is 4.89. The van der Waals surface area contributed by atoms with E-state index in [2.05, 4.69) is 11.8 Å². The summed E-state index contributed by atoms with van der Waals surface area (Å²) in [6.07, 6.45) is 6.52. The number of hydrogen-bond acceptors (Lipinski definition) is 4. The van der Waals surface area contributed by atoms with Crippen molar-refractivity contribution in [2.24, 2.45) is 11.7 Å². The maximum absolute atomic E-state index is 11.8. The van der Waals surface area contributed by atoms with Crippen LogP contribution in [0.2, 0.25) is 0 Å². The van der Waals surface area contributed by atoms with Crippen LogP contribution in [-0.2, 0) is 9.53 Å². The van der Waals surface area contributed by atoms with Gasteiger partial charge in [-0.2, -0.15) is 0 Å². The van der Waals surface area contributed by atoms with E-state index in [-0.39, 0.29) is 11.9 Å². The fraction of sp³-hybridized carbons (Fsp3) is 0.929. The Morgan fingerprint density at radius 3 is 2.83 bits per heavy atom. The maximum Gasteiger partial charge on any atom is 0.326 e. The van der Waals surface area contributed by atoms with Crippen molar-refractivity contribution < 1.29 is 9.53 Å². The van der Waals surface area contributed by atoms with Gasteiger partial charge in [0.25, 0.3) is 0 Å². The van der Waals surface area contributed by atoms with Gasteiger partial charge in [0.2, 0.25) is 0 Å². The van der Waals surface area contributed by atoms with Crippen molar-refractivity contribution in [1.82, 2.24) is 4.90 Å². The molecule has 0 radical (unpaired) electrons. The first-order valence-electron chi connectivity index (χ1n) is 7.19. The number of rotatable bonds is 4. The van der Waals surface area contributed by atoms with Crippen LogP contribution in [-0.4, -0.2) is 42.6 Å². The van der Waals surface area contributed by atoms with E-state index in [0.29, 0.717) is 6.04 Å². The Morgan fingerprint density at radius 2 is 2.22 bits per heavy atom. The standard InChI is InChI=1S/C14H26N2O2/c1-11-5-4-9-16(11)10-7-12-6-3-8-14(12,15)13(17)18-2/h11-12H,3-10,15H2,1-2H3. The number of ether oxygens (including phenoxy) is 1. The predicted octanol–water partition coefficient (Wildman–Crippen LogP) is 1.53. The maximum atomic E-state index is 11.8. The summed E-state index contributed by atoms with van der Waals surface area (Å²) in [5, 5.41) is 0. The summed E-state index contributed by atoms with van der Waals surface area (Å²) in [5.41, 5.74) is 5.56. The number of carbonyl (C=O) groups is 1. The first-order chi connectivity index (χ1) is 8.58. The number of hydrogen-bond donors (Lipinski definition) is 1. The Morgan fingerprint density at radius 1 is 1.44 bits per heavy atom. The highest BCUT2D eigenvalue weighted by molar-refractivity contribution is 5.81. The number of esters is 1. The number of nitrogens with two attached hydrogens (primary N) is 1. The van der Waals surface area contributed by atoms with Crippen molar-refractivity contribution in [3.8, 4) is 0 Å². The minimum absolute atomic E-state index is 0.223. The summed E-state index contributed by atoms with van der Waals surface area (Å²) in [4.78, 5) is 14.4. The van der Waals surface area contributed by atoms with Gasteiger partial charge < -0.3 is 15.4 Å². The summed E-state index contributed by atoms with van der Waals surface area (Å²) < 4.78 is 4.88. The summed E-state index contributed by atoms with van der Waals surface area (Å²) in [6, 6.07) is 0.691. The van der Waals surface area contributed by atoms with Gasteiger partial charge in [0.15, 0.2) is 0 Å². The molecular formula is C14H26N2O2. The van der Waals surface area contributed by atoms with Gasteiger partial charge in [0.1, 0.15) is 5.54 Å². The predicted molar refractivity (Wildman–Crippen MR) is 71.2 cm³/mol. The van der Waals surface area contributed by atoms with Crippen molar-refractivity contribution in [2.45, 2.75) is 57.0 Å². The van der Waals surface area contributed by atoms with E-state index >= 15 is 0 Å². The lowest BCUT2D eigenvalue weighted by Crippen LogP contribution is -2.52. The molecule has 4 nitrogen and oxygen atoms in total. The molecule has 1 saturated carbocycles. The lowest BCUT2D eigenvalue weighted by atomic mass is 9.85. The molecule has 0 aromatic heterocycles. The van der Waals surface area contributed by atoms with E-state index in [1.807, 2.05) is 0 Å². The van der Waals surface area contributed by atoms with Gasteiger partial charge in [-0.05, 0) is 58.0 Å². The number of likely N-dealkylation sites (tertiary alicyclic amines) is 1. The van der Waals surface area contributed by atoms with E-state index < -0.39 is 5.54 Å². The Bertz CT molecular complexity index is 308. The average molecular weight is 254 g/mol. The quantitative estimate of drug-likeness (QED) is 0.773. The third-order valence-electron chi connectivity index (χ3n) is 4.89. The molecule has 18 heavy (non-hydrogen) atoms. The summed E-state index contributed by atoms with van der Waals surface area (Å²) >= 11 is 0. The van der Waals surface area contributed by atoms with E-state index in [1.165, 1.54) is 26.5 Å². The second kappa shape index (κ2) is 5.57. The molecule has 1 saturated heterocycles. The van der Waals surface area contributed by atoms with Gasteiger partial charge in [0, 0.05) is 6.04 Å². The van der Waals surface area contributed by atoms with E-state index in [4.69, 9.17) is 10.5 Å². The summed E-state index contributed by atoms with van der Waals surface area (Å²) in [7, 11) is 1.44. The molecule has 3 atom stereocenters. The fourth-order valence-corrected chi connectivity index (χ4v) is 3.61.